The standard InChI is InChI=1S/C17H16ClNS2/c1-12(13-6-8-14(18)9-7-13)19-17(15-4-2-10-20-15)16-5-3-11-21-16/h2-12,17,19H,1H3/t12-/m0/s1. The summed E-state index contributed by atoms with van der Waals surface area (Å²) in [4.78, 5) is 2.69. The lowest BCUT2D eigenvalue weighted by atomic mass is 10.1. The van der Waals surface area contributed by atoms with Crippen LogP contribution in [0.25, 0.3) is 0 Å². The van der Waals surface area contributed by atoms with Crippen molar-refractivity contribution in [1.82, 2.24) is 5.32 Å². The molecule has 1 aromatic carbocycles. The zero-order valence-corrected chi connectivity index (χ0v) is 14.0. The third kappa shape index (κ3) is 3.55. The number of hydrogen-bond acceptors (Lipinski definition) is 3. The molecule has 3 aromatic rings. The van der Waals surface area contributed by atoms with Crippen LogP contribution >= 0.6 is 34.3 Å². The van der Waals surface area contributed by atoms with Gasteiger partial charge in [-0.25, -0.2) is 0 Å². The zero-order chi connectivity index (χ0) is 14.7. The van der Waals surface area contributed by atoms with Crippen molar-refractivity contribution in [2.45, 2.75) is 19.0 Å². The second-order valence-corrected chi connectivity index (χ2v) is 7.30. The maximum absolute atomic E-state index is 5.97. The molecule has 0 aliphatic carbocycles. The topological polar surface area (TPSA) is 12.0 Å². The number of hydrogen-bond donors (Lipinski definition) is 1. The molecule has 0 aliphatic rings. The SMILES string of the molecule is C[C@H](NC(c1cccs1)c1cccs1)c1ccc(Cl)cc1. The average molecular weight is 334 g/mol. The predicted molar refractivity (Wildman–Crippen MR) is 93.5 cm³/mol. The van der Waals surface area contributed by atoms with Crippen LogP contribution in [0.4, 0.5) is 0 Å². The first kappa shape index (κ1) is 14.8. The van der Waals surface area contributed by atoms with E-state index in [9.17, 15) is 0 Å². The van der Waals surface area contributed by atoms with E-state index in [0.717, 1.165) is 5.02 Å². The molecule has 21 heavy (non-hydrogen) atoms. The van der Waals surface area contributed by atoms with Crippen LogP contribution in [0.5, 0.6) is 0 Å². The maximum Gasteiger partial charge on any atom is 0.0769 e. The van der Waals surface area contributed by atoms with E-state index in [1.807, 2.05) is 12.1 Å². The van der Waals surface area contributed by atoms with E-state index in [4.69, 9.17) is 11.6 Å². The molecule has 1 nitrogen and oxygen atoms in total. The van der Waals surface area contributed by atoms with Crippen molar-refractivity contribution in [2.75, 3.05) is 0 Å². The Morgan fingerprint density at radius 3 is 1.95 bits per heavy atom. The molecule has 0 bridgehead atoms. The summed E-state index contributed by atoms with van der Waals surface area (Å²) in [6.45, 7) is 2.19. The van der Waals surface area contributed by atoms with Crippen molar-refractivity contribution in [3.63, 3.8) is 0 Å². The predicted octanol–water partition coefficient (Wildman–Crippen LogP) is 5.90. The Balaban J connectivity index is 1.83. The summed E-state index contributed by atoms with van der Waals surface area (Å²) < 4.78 is 0. The zero-order valence-electron chi connectivity index (χ0n) is 11.6. The molecule has 0 saturated carbocycles. The molecule has 1 N–H and O–H groups in total. The van der Waals surface area contributed by atoms with Crippen molar-refractivity contribution in [3.8, 4) is 0 Å². The molecule has 3 rings (SSSR count). The van der Waals surface area contributed by atoms with Crippen molar-refractivity contribution in [3.05, 3.63) is 79.6 Å². The Labute approximate surface area is 138 Å². The fourth-order valence-electron chi connectivity index (χ4n) is 2.31. The minimum Gasteiger partial charge on any atom is -0.298 e. The van der Waals surface area contributed by atoms with Crippen LogP contribution < -0.4 is 5.32 Å². The van der Waals surface area contributed by atoms with E-state index < -0.39 is 0 Å². The normalized spacial score (nSPS) is 12.7. The first-order chi connectivity index (χ1) is 10.2. The molecule has 0 amide bonds. The maximum atomic E-state index is 5.97. The monoisotopic (exact) mass is 333 g/mol. The molecule has 0 fully saturated rings. The highest BCUT2D eigenvalue weighted by atomic mass is 35.5. The van der Waals surface area contributed by atoms with E-state index in [1.165, 1.54) is 15.3 Å². The molecule has 0 unspecified atom stereocenters. The molecule has 0 aliphatic heterocycles. The highest BCUT2D eigenvalue weighted by Gasteiger charge is 2.19. The number of thiophene rings is 2. The summed E-state index contributed by atoms with van der Waals surface area (Å²) in [5, 5.41) is 8.77. The van der Waals surface area contributed by atoms with Gasteiger partial charge in [-0.2, -0.15) is 0 Å². The molecule has 2 aromatic heterocycles. The highest BCUT2D eigenvalue weighted by molar-refractivity contribution is 7.11. The lowest BCUT2D eigenvalue weighted by Crippen LogP contribution is -2.24. The largest absolute Gasteiger partial charge is 0.298 e. The van der Waals surface area contributed by atoms with Gasteiger partial charge in [0.15, 0.2) is 0 Å². The van der Waals surface area contributed by atoms with Crippen molar-refractivity contribution in [1.29, 1.82) is 0 Å². The molecular weight excluding hydrogens is 318 g/mol. The van der Waals surface area contributed by atoms with Gasteiger partial charge in [-0.15, -0.1) is 22.7 Å². The Morgan fingerprint density at radius 2 is 1.48 bits per heavy atom. The number of halogens is 1. The highest BCUT2D eigenvalue weighted by Crippen LogP contribution is 2.31. The molecule has 4 heteroatoms. The Morgan fingerprint density at radius 1 is 0.905 bits per heavy atom. The van der Waals surface area contributed by atoms with E-state index in [1.54, 1.807) is 22.7 Å². The van der Waals surface area contributed by atoms with Gasteiger partial charge in [0.1, 0.15) is 0 Å². The lowest BCUT2D eigenvalue weighted by Gasteiger charge is -2.22. The van der Waals surface area contributed by atoms with E-state index in [-0.39, 0.29) is 12.1 Å². The molecule has 0 saturated heterocycles. The summed E-state index contributed by atoms with van der Waals surface area (Å²) in [6.07, 6.45) is 0. The Kier molecular flexibility index (Phi) is 4.76. The van der Waals surface area contributed by atoms with Crippen LogP contribution in [0, 0.1) is 0 Å². The molecule has 2 heterocycles. The fourth-order valence-corrected chi connectivity index (χ4v) is 4.12. The van der Waals surface area contributed by atoms with Crippen molar-refractivity contribution < 1.29 is 0 Å². The van der Waals surface area contributed by atoms with Crippen LogP contribution in [0.15, 0.2) is 59.3 Å². The van der Waals surface area contributed by atoms with Crippen LogP contribution in [-0.2, 0) is 0 Å². The van der Waals surface area contributed by atoms with Crippen molar-refractivity contribution >= 4 is 34.3 Å². The summed E-state index contributed by atoms with van der Waals surface area (Å²) in [5.41, 5.74) is 1.25. The van der Waals surface area contributed by atoms with Crippen LogP contribution in [0.3, 0.4) is 0 Å². The minimum absolute atomic E-state index is 0.246. The van der Waals surface area contributed by atoms with Gasteiger partial charge >= 0.3 is 0 Å². The smallest absolute Gasteiger partial charge is 0.0769 e. The van der Waals surface area contributed by atoms with Gasteiger partial charge in [0.05, 0.1) is 6.04 Å². The summed E-state index contributed by atoms with van der Waals surface area (Å²) >= 11 is 9.55. The van der Waals surface area contributed by atoms with Gasteiger partial charge in [-0.1, -0.05) is 35.9 Å². The molecule has 0 spiro atoms. The van der Waals surface area contributed by atoms with E-state index in [0.29, 0.717) is 0 Å². The molecule has 108 valence electrons. The van der Waals surface area contributed by atoms with Gasteiger partial charge in [-0.3, -0.25) is 5.32 Å². The van der Waals surface area contributed by atoms with E-state index in [2.05, 4.69) is 59.4 Å². The number of nitrogens with one attached hydrogen (secondary N) is 1. The third-order valence-corrected chi connectivity index (χ3v) is 5.57. The van der Waals surface area contributed by atoms with Crippen molar-refractivity contribution in [2.24, 2.45) is 0 Å². The Bertz CT molecular complexity index is 625. The first-order valence-electron chi connectivity index (χ1n) is 6.82. The van der Waals surface area contributed by atoms with Gasteiger partial charge < -0.3 is 0 Å². The quantitative estimate of drug-likeness (QED) is 0.612. The fraction of sp³-hybridized carbons (Fsp3) is 0.176. The molecular formula is C17H16ClNS2. The average Bonchev–Trinajstić information content (AvgIpc) is 3.19. The van der Waals surface area contributed by atoms with Crippen LogP contribution in [0.2, 0.25) is 5.02 Å². The molecule has 1 atom stereocenters. The second-order valence-electron chi connectivity index (χ2n) is 4.90. The Hall–Kier alpha value is -1.13. The number of benzene rings is 1. The van der Waals surface area contributed by atoms with Gasteiger partial charge in [-0.05, 0) is 47.5 Å². The summed E-state index contributed by atoms with van der Waals surface area (Å²) in [6, 6.07) is 17.2. The lowest BCUT2D eigenvalue weighted by molar-refractivity contribution is 0.526. The van der Waals surface area contributed by atoms with Gasteiger partial charge in [0, 0.05) is 20.8 Å². The van der Waals surface area contributed by atoms with Gasteiger partial charge in [0.25, 0.3) is 0 Å². The van der Waals surface area contributed by atoms with E-state index >= 15 is 0 Å². The first-order valence-corrected chi connectivity index (χ1v) is 8.96. The second kappa shape index (κ2) is 6.75. The van der Waals surface area contributed by atoms with Gasteiger partial charge in [0.2, 0.25) is 0 Å². The summed E-state index contributed by atoms with van der Waals surface area (Å²) in [5.74, 6) is 0. The van der Waals surface area contributed by atoms with Crippen LogP contribution in [0.1, 0.15) is 34.3 Å². The minimum atomic E-state index is 0.246. The number of rotatable bonds is 5. The third-order valence-electron chi connectivity index (χ3n) is 3.44. The molecule has 0 radical (unpaired) electrons. The van der Waals surface area contributed by atoms with Crippen LogP contribution in [-0.4, -0.2) is 0 Å². The summed E-state index contributed by atoms with van der Waals surface area (Å²) in [7, 11) is 0.